The van der Waals surface area contributed by atoms with Crippen LogP contribution in [0.1, 0.15) is 55.0 Å². The Morgan fingerprint density at radius 3 is 2.59 bits per heavy atom. The molecule has 32 heavy (non-hydrogen) atoms. The molecule has 1 aliphatic heterocycles. The molecule has 1 aliphatic carbocycles. The molecule has 0 aromatic heterocycles. The number of carboxylic acids is 1. The molecule has 2 aliphatic rings. The number of aliphatic carboxylic acids is 1. The standard InChI is InChI=1S/C28H35NO3/c1-18(2)11-21-5-6-24(19(3)12-21)17-32-26-9-10-27-20(4)23(8-7-22(27)13-26)14-29-15-25(16-29)28(30)31/h5-6,9-10,12-13,18,25H,7-8,11,14-17H2,1-4H3,(H,30,31). The number of hydrogen-bond donors (Lipinski definition) is 1. The molecule has 0 unspecified atom stereocenters. The van der Waals surface area contributed by atoms with E-state index in [1.165, 1.54) is 39.0 Å². The first-order chi connectivity index (χ1) is 15.3. The average molecular weight is 434 g/mol. The molecule has 4 rings (SSSR count). The second kappa shape index (κ2) is 9.50. The Balaban J connectivity index is 1.39. The van der Waals surface area contributed by atoms with Crippen LogP contribution in [0.25, 0.3) is 5.57 Å². The van der Waals surface area contributed by atoms with Crippen molar-refractivity contribution in [3.8, 4) is 5.75 Å². The van der Waals surface area contributed by atoms with Crippen LogP contribution in [0.2, 0.25) is 0 Å². The maximum Gasteiger partial charge on any atom is 0.309 e. The van der Waals surface area contributed by atoms with Gasteiger partial charge in [-0.25, -0.2) is 0 Å². The molecule has 0 radical (unpaired) electrons. The number of ether oxygens (including phenoxy) is 1. The molecule has 1 fully saturated rings. The number of nitrogens with zero attached hydrogens (tertiary/aromatic N) is 1. The molecule has 0 bridgehead atoms. The largest absolute Gasteiger partial charge is 0.489 e. The summed E-state index contributed by atoms with van der Waals surface area (Å²) >= 11 is 0. The van der Waals surface area contributed by atoms with Gasteiger partial charge in [0, 0.05) is 19.6 Å². The van der Waals surface area contributed by atoms with Gasteiger partial charge in [0.25, 0.3) is 0 Å². The number of likely N-dealkylation sites (tertiary alicyclic amines) is 1. The van der Waals surface area contributed by atoms with E-state index < -0.39 is 5.97 Å². The fourth-order valence-electron chi connectivity index (χ4n) is 4.90. The lowest BCUT2D eigenvalue weighted by Crippen LogP contribution is -2.50. The van der Waals surface area contributed by atoms with Crippen LogP contribution >= 0.6 is 0 Å². The van der Waals surface area contributed by atoms with E-state index in [2.05, 4.69) is 69.0 Å². The maximum atomic E-state index is 11.0. The van der Waals surface area contributed by atoms with Crippen molar-refractivity contribution in [2.45, 2.75) is 53.6 Å². The molecule has 1 N–H and O–H groups in total. The van der Waals surface area contributed by atoms with E-state index in [4.69, 9.17) is 9.84 Å². The van der Waals surface area contributed by atoms with Crippen molar-refractivity contribution in [2.24, 2.45) is 11.8 Å². The monoisotopic (exact) mass is 433 g/mol. The summed E-state index contributed by atoms with van der Waals surface area (Å²) in [5, 5.41) is 9.09. The lowest BCUT2D eigenvalue weighted by molar-refractivity contribution is -0.147. The van der Waals surface area contributed by atoms with Crippen LogP contribution in [-0.4, -0.2) is 35.6 Å². The van der Waals surface area contributed by atoms with Crippen LogP contribution < -0.4 is 4.74 Å². The molecule has 0 spiro atoms. The zero-order valence-electron chi connectivity index (χ0n) is 19.8. The van der Waals surface area contributed by atoms with Crippen LogP contribution in [0.3, 0.4) is 0 Å². The highest BCUT2D eigenvalue weighted by Crippen LogP contribution is 2.34. The third kappa shape index (κ3) is 5.07. The van der Waals surface area contributed by atoms with Gasteiger partial charge in [-0.2, -0.15) is 0 Å². The third-order valence-electron chi connectivity index (χ3n) is 6.87. The minimum atomic E-state index is -0.671. The number of rotatable bonds is 8. The quantitative estimate of drug-likeness (QED) is 0.596. The summed E-state index contributed by atoms with van der Waals surface area (Å²) in [6.45, 7) is 11.7. The topological polar surface area (TPSA) is 49.8 Å². The second-order valence-electron chi connectivity index (χ2n) is 9.92. The fraction of sp³-hybridized carbons (Fsp3) is 0.464. The van der Waals surface area contributed by atoms with Gasteiger partial charge in [-0.1, -0.05) is 43.7 Å². The predicted octanol–water partition coefficient (Wildman–Crippen LogP) is 5.51. The van der Waals surface area contributed by atoms with Crippen molar-refractivity contribution in [2.75, 3.05) is 19.6 Å². The van der Waals surface area contributed by atoms with Crippen molar-refractivity contribution in [1.29, 1.82) is 0 Å². The van der Waals surface area contributed by atoms with Gasteiger partial charge in [-0.3, -0.25) is 9.69 Å². The smallest absolute Gasteiger partial charge is 0.309 e. The Kier molecular flexibility index (Phi) is 6.71. The molecule has 1 saturated heterocycles. The van der Waals surface area contributed by atoms with Gasteiger partial charge < -0.3 is 9.84 Å². The minimum absolute atomic E-state index is 0.193. The summed E-state index contributed by atoms with van der Waals surface area (Å²) in [5.74, 6) is 0.729. The molecule has 4 nitrogen and oxygen atoms in total. The highest BCUT2D eigenvalue weighted by atomic mass is 16.5. The zero-order valence-corrected chi connectivity index (χ0v) is 19.8. The highest BCUT2D eigenvalue weighted by molar-refractivity contribution is 5.73. The minimum Gasteiger partial charge on any atom is -0.489 e. The molecule has 2 aromatic rings. The third-order valence-corrected chi connectivity index (χ3v) is 6.87. The summed E-state index contributed by atoms with van der Waals surface area (Å²) in [6.07, 6.45) is 3.16. The van der Waals surface area contributed by atoms with Gasteiger partial charge in [-0.15, -0.1) is 0 Å². The summed E-state index contributed by atoms with van der Waals surface area (Å²) in [6, 6.07) is 13.2. The van der Waals surface area contributed by atoms with Crippen molar-refractivity contribution >= 4 is 11.5 Å². The number of benzene rings is 2. The van der Waals surface area contributed by atoms with E-state index in [-0.39, 0.29) is 5.92 Å². The molecular formula is C28H35NO3. The SMILES string of the molecule is CC1=C(CN2CC(C(=O)O)C2)CCc2cc(OCc3ccc(CC(C)C)cc3C)ccc21. The van der Waals surface area contributed by atoms with Gasteiger partial charge in [0.2, 0.25) is 0 Å². The normalized spacial score (nSPS) is 16.8. The number of fused-ring (bicyclic) bond motifs is 1. The van der Waals surface area contributed by atoms with E-state index in [0.29, 0.717) is 25.6 Å². The second-order valence-corrected chi connectivity index (χ2v) is 9.92. The van der Waals surface area contributed by atoms with Crippen LogP contribution in [0.5, 0.6) is 5.75 Å². The van der Waals surface area contributed by atoms with Crippen LogP contribution in [0, 0.1) is 18.8 Å². The fourth-order valence-corrected chi connectivity index (χ4v) is 4.90. The molecule has 0 atom stereocenters. The Bertz CT molecular complexity index is 1030. The van der Waals surface area contributed by atoms with Gasteiger partial charge in [0.15, 0.2) is 0 Å². The summed E-state index contributed by atoms with van der Waals surface area (Å²) in [4.78, 5) is 13.3. The highest BCUT2D eigenvalue weighted by Gasteiger charge is 2.33. The molecule has 0 saturated carbocycles. The molecular weight excluding hydrogens is 398 g/mol. The zero-order chi connectivity index (χ0) is 22.8. The van der Waals surface area contributed by atoms with Gasteiger partial charge >= 0.3 is 5.97 Å². The molecule has 2 aromatic carbocycles. The summed E-state index contributed by atoms with van der Waals surface area (Å²) in [7, 11) is 0. The molecule has 4 heteroatoms. The number of carboxylic acid groups (broad SMARTS) is 1. The van der Waals surface area contributed by atoms with Crippen molar-refractivity contribution < 1.29 is 14.6 Å². The lowest BCUT2D eigenvalue weighted by atomic mass is 9.85. The summed E-state index contributed by atoms with van der Waals surface area (Å²) < 4.78 is 6.17. The molecule has 1 heterocycles. The first kappa shape index (κ1) is 22.6. The van der Waals surface area contributed by atoms with Crippen LogP contribution in [0.4, 0.5) is 0 Å². The average Bonchev–Trinajstić information content (AvgIpc) is 2.70. The molecule has 0 amide bonds. The van der Waals surface area contributed by atoms with E-state index in [0.717, 1.165) is 31.6 Å². The van der Waals surface area contributed by atoms with Gasteiger partial charge in [0.1, 0.15) is 12.4 Å². The first-order valence-corrected chi connectivity index (χ1v) is 11.8. The Morgan fingerprint density at radius 1 is 1.12 bits per heavy atom. The Hall–Kier alpha value is -2.59. The van der Waals surface area contributed by atoms with Gasteiger partial charge in [0.05, 0.1) is 5.92 Å². The van der Waals surface area contributed by atoms with E-state index in [1.54, 1.807) is 0 Å². The summed E-state index contributed by atoms with van der Waals surface area (Å²) in [5.41, 5.74) is 9.36. The Morgan fingerprint density at radius 2 is 1.91 bits per heavy atom. The van der Waals surface area contributed by atoms with Crippen molar-refractivity contribution in [3.05, 3.63) is 69.8 Å². The first-order valence-electron chi connectivity index (χ1n) is 11.8. The van der Waals surface area contributed by atoms with Crippen LogP contribution in [0.15, 0.2) is 42.0 Å². The lowest BCUT2D eigenvalue weighted by Gasteiger charge is -2.38. The van der Waals surface area contributed by atoms with Crippen molar-refractivity contribution in [3.63, 3.8) is 0 Å². The number of aryl methyl sites for hydroxylation is 2. The maximum absolute atomic E-state index is 11.0. The van der Waals surface area contributed by atoms with E-state index in [9.17, 15) is 4.79 Å². The number of hydrogen-bond acceptors (Lipinski definition) is 3. The van der Waals surface area contributed by atoms with E-state index in [1.807, 2.05) is 0 Å². The van der Waals surface area contributed by atoms with Gasteiger partial charge in [-0.05, 0) is 84.6 Å². The van der Waals surface area contributed by atoms with E-state index >= 15 is 0 Å². The van der Waals surface area contributed by atoms with Crippen LogP contribution in [-0.2, 0) is 24.2 Å². The van der Waals surface area contributed by atoms with Crippen molar-refractivity contribution in [1.82, 2.24) is 4.90 Å². The Labute approximate surface area is 191 Å². The predicted molar refractivity (Wildman–Crippen MR) is 129 cm³/mol. The number of carbonyl (C=O) groups is 1. The molecule has 170 valence electrons. The number of allylic oxidation sites excluding steroid dienone is 1.